The Bertz CT molecular complexity index is 1160. The highest BCUT2D eigenvalue weighted by Gasteiger charge is 2.13. The summed E-state index contributed by atoms with van der Waals surface area (Å²) in [5.41, 5.74) is 1.82. The molecule has 1 heterocycles. The second kappa shape index (κ2) is 8.02. The molecule has 0 radical (unpaired) electrons. The number of aromatic nitrogens is 1. The quantitative estimate of drug-likeness (QED) is 0.517. The number of fused-ring (bicyclic) bond motifs is 1. The molecule has 0 saturated heterocycles. The van der Waals surface area contributed by atoms with Gasteiger partial charge in [-0.25, -0.2) is 9.37 Å². The number of nitrogens with one attached hydrogen (secondary N) is 1. The molecule has 0 fully saturated rings. The maximum atomic E-state index is 13.9. The number of nitrogens with zero attached hydrogens (tertiary/aromatic N) is 1. The van der Waals surface area contributed by atoms with E-state index in [2.05, 4.69) is 10.3 Å². The van der Waals surface area contributed by atoms with Crippen LogP contribution in [0.3, 0.4) is 0 Å². The molecule has 1 amide bonds. The minimum atomic E-state index is -0.414. The summed E-state index contributed by atoms with van der Waals surface area (Å²) in [6.07, 6.45) is 0. The van der Waals surface area contributed by atoms with Crippen LogP contribution in [-0.4, -0.2) is 24.6 Å². The van der Waals surface area contributed by atoms with E-state index in [1.54, 1.807) is 67.8 Å². The van der Waals surface area contributed by atoms with E-state index in [0.717, 1.165) is 0 Å². The molecule has 0 aliphatic heterocycles. The predicted molar refractivity (Wildman–Crippen MR) is 107 cm³/mol. The van der Waals surface area contributed by atoms with E-state index in [0.29, 0.717) is 28.3 Å². The zero-order chi connectivity index (χ0) is 20.2. The summed E-state index contributed by atoms with van der Waals surface area (Å²) in [4.78, 5) is 16.5. The zero-order valence-corrected chi connectivity index (χ0v) is 15.5. The number of hydrogen-bond donors (Lipinski definition) is 1. The molecule has 0 bridgehead atoms. The minimum Gasteiger partial charge on any atom is -0.497 e. The van der Waals surface area contributed by atoms with Crippen LogP contribution in [0.1, 0.15) is 0 Å². The van der Waals surface area contributed by atoms with E-state index in [1.165, 1.54) is 6.07 Å². The Labute approximate surface area is 165 Å². The van der Waals surface area contributed by atoms with Gasteiger partial charge in [0, 0.05) is 5.69 Å². The number of oxazole rings is 1. The van der Waals surface area contributed by atoms with Crippen LogP contribution < -0.4 is 14.8 Å². The average Bonchev–Trinajstić information content (AvgIpc) is 3.16. The van der Waals surface area contributed by atoms with Crippen molar-refractivity contribution in [1.82, 2.24) is 4.98 Å². The first-order valence-corrected chi connectivity index (χ1v) is 8.84. The Morgan fingerprint density at radius 3 is 2.59 bits per heavy atom. The monoisotopic (exact) mass is 392 g/mol. The van der Waals surface area contributed by atoms with Gasteiger partial charge in [-0.05, 0) is 54.6 Å². The number of carbonyl (C=O) groups excluding carboxylic acids is 1. The molecular weight excluding hydrogens is 375 g/mol. The van der Waals surface area contributed by atoms with Gasteiger partial charge < -0.3 is 19.2 Å². The van der Waals surface area contributed by atoms with Gasteiger partial charge >= 0.3 is 0 Å². The molecule has 0 saturated carbocycles. The van der Waals surface area contributed by atoms with Crippen LogP contribution in [0.2, 0.25) is 0 Å². The molecule has 3 aromatic carbocycles. The fraction of sp³-hybridized carbons (Fsp3) is 0.0909. The van der Waals surface area contributed by atoms with Crippen molar-refractivity contribution in [3.05, 3.63) is 72.5 Å². The number of carbonyl (C=O) groups is 1. The maximum absolute atomic E-state index is 13.9. The summed E-state index contributed by atoms with van der Waals surface area (Å²) < 4.78 is 30.1. The highest BCUT2D eigenvalue weighted by Crippen LogP contribution is 2.27. The molecule has 0 aliphatic carbocycles. The van der Waals surface area contributed by atoms with Crippen molar-refractivity contribution in [1.29, 1.82) is 0 Å². The molecule has 1 N–H and O–H groups in total. The van der Waals surface area contributed by atoms with Crippen molar-refractivity contribution in [2.24, 2.45) is 0 Å². The van der Waals surface area contributed by atoms with Crippen molar-refractivity contribution < 1.29 is 23.1 Å². The highest BCUT2D eigenvalue weighted by atomic mass is 19.1. The lowest BCUT2D eigenvalue weighted by molar-refractivity contribution is -0.118. The Hall–Kier alpha value is -3.87. The minimum absolute atomic E-state index is 0.149. The average molecular weight is 392 g/mol. The van der Waals surface area contributed by atoms with Gasteiger partial charge in [-0.1, -0.05) is 12.1 Å². The van der Waals surface area contributed by atoms with Crippen LogP contribution in [0.5, 0.6) is 11.5 Å². The fourth-order valence-electron chi connectivity index (χ4n) is 2.77. The molecule has 4 aromatic rings. The Kier molecular flexibility index (Phi) is 5.11. The summed E-state index contributed by atoms with van der Waals surface area (Å²) in [5.74, 6) is 0.713. The van der Waals surface area contributed by atoms with Gasteiger partial charge in [-0.2, -0.15) is 0 Å². The number of ether oxygens (including phenoxy) is 2. The van der Waals surface area contributed by atoms with Gasteiger partial charge in [0.2, 0.25) is 5.89 Å². The lowest BCUT2D eigenvalue weighted by Crippen LogP contribution is -2.20. The number of methoxy groups -OCH3 is 1. The second-order valence-corrected chi connectivity index (χ2v) is 6.19. The van der Waals surface area contributed by atoms with Gasteiger partial charge in [0.25, 0.3) is 5.91 Å². The molecule has 1 aromatic heterocycles. The molecule has 0 unspecified atom stereocenters. The lowest BCUT2D eigenvalue weighted by atomic mass is 10.2. The molecule has 0 atom stereocenters. The predicted octanol–water partition coefficient (Wildman–Crippen LogP) is 4.66. The van der Waals surface area contributed by atoms with Crippen LogP contribution in [0.15, 0.2) is 71.1 Å². The van der Waals surface area contributed by atoms with Gasteiger partial charge in [0.05, 0.1) is 12.7 Å². The normalized spacial score (nSPS) is 10.7. The summed E-state index contributed by atoms with van der Waals surface area (Å²) in [5, 5.41) is 2.74. The molecular formula is C22H17FN2O4. The molecule has 0 aliphatic rings. The van der Waals surface area contributed by atoms with E-state index in [9.17, 15) is 9.18 Å². The molecule has 29 heavy (non-hydrogen) atoms. The third kappa shape index (κ3) is 4.19. The molecule has 6 nitrogen and oxygen atoms in total. The van der Waals surface area contributed by atoms with Gasteiger partial charge in [-0.3, -0.25) is 4.79 Å². The molecule has 7 heteroatoms. The van der Waals surface area contributed by atoms with Gasteiger partial charge in [-0.15, -0.1) is 0 Å². The van der Waals surface area contributed by atoms with Crippen molar-refractivity contribution in [3.63, 3.8) is 0 Å². The largest absolute Gasteiger partial charge is 0.497 e. The van der Waals surface area contributed by atoms with Crippen molar-refractivity contribution >= 4 is 22.7 Å². The first-order chi connectivity index (χ1) is 14.1. The van der Waals surface area contributed by atoms with Crippen LogP contribution in [0.25, 0.3) is 22.6 Å². The van der Waals surface area contributed by atoms with E-state index >= 15 is 0 Å². The zero-order valence-electron chi connectivity index (χ0n) is 15.5. The maximum Gasteiger partial charge on any atom is 0.262 e. The van der Waals surface area contributed by atoms with Gasteiger partial charge in [0.15, 0.2) is 12.2 Å². The van der Waals surface area contributed by atoms with Crippen LogP contribution in [0.4, 0.5) is 10.1 Å². The lowest BCUT2D eigenvalue weighted by Gasteiger charge is -2.08. The Morgan fingerprint density at radius 1 is 1.07 bits per heavy atom. The number of halogens is 1. The summed E-state index contributed by atoms with van der Waals surface area (Å²) >= 11 is 0. The van der Waals surface area contributed by atoms with E-state index in [-0.39, 0.29) is 24.0 Å². The summed E-state index contributed by atoms with van der Waals surface area (Å²) in [7, 11) is 1.58. The molecule has 146 valence electrons. The SMILES string of the molecule is COc1ccc(OCC(=O)Nc2ccc3oc(-c4ccccc4F)nc3c2)cc1. The first kappa shape index (κ1) is 18.5. The summed E-state index contributed by atoms with van der Waals surface area (Å²) in [6.45, 7) is -0.149. The Balaban J connectivity index is 1.43. The van der Waals surface area contributed by atoms with Crippen molar-refractivity contribution in [2.45, 2.75) is 0 Å². The van der Waals surface area contributed by atoms with Crippen molar-refractivity contribution in [3.8, 4) is 23.0 Å². The van der Waals surface area contributed by atoms with Gasteiger partial charge in [0.1, 0.15) is 22.8 Å². The number of benzene rings is 3. The van der Waals surface area contributed by atoms with Crippen molar-refractivity contribution in [2.75, 3.05) is 19.0 Å². The second-order valence-electron chi connectivity index (χ2n) is 6.19. The van der Waals surface area contributed by atoms with E-state index < -0.39 is 5.82 Å². The standard InChI is InChI=1S/C22H17FN2O4/c1-27-15-7-9-16(10-8-15)28-13-21(26)24-14-6-11-20-19(12-14)25-22(29-20)17-4-2-3-5-18(17)23/h2-12H,13H2,1H3,(H,24,26). The van der Waals surface area contributed by atoms with E-state index in [4.69, 9.17) is 13.9 Å². The topological polar surface area (TPSA) is 73.6 Å². The smallest absolute Gasteiger partial charge is 0.262 e. The summed E-state index contributed by atoms with van der Waals surface area (Å²) in [6, 6.07) is 18.2. The molecule has 0 spiro atoms. The molecule has 4 rings (SSSR count). The van der Waals surface area contributed by atoms with E-state index in [1.807, 2.05) is 0 Å². The van der Waals surface area contributed by atoms with Crippen LogP contribution >= 0.6 is 0 Å². The van der Waals surface area contributed by atoms with Crippen LogP contribution in [0, 0.1) is 5.82 Å². The third-order valence-electron chi connectivity index (χ3n) is 4.20. The number of rotatable bonds is 6. The third-order valence-corrected chi connectivity index (χ3v) is 4.20. The number of anilines is 1. The number of amides is 1. The fourth-order valence-corrected chi connectivity index (χ4v) is 2.77. The first-order valence-electron chi connectivity index (χ1n) is 8.84. The Morgan fingerprint density at radius 2 is 1.83 bits per heavy atom. The highest BCUT2D eigenvalue weighted by molar-refractivity contribution is 5.94. The van der Waals surface area contributed by atoms with Crippen LogP contribution in [-0.2, 0) is 4.79 Å². The number of hydrogen-bond acceptors (Lipinski definition) is 5.